The number of hydrogen-bond acceptors (Lipinski definition) is 3. The molecule has 4 heteroatoms. The number of hydrogen-bond donors (Lipinski definition) is 1. The highest BCUT2D eigenvalue weighted by molar-refractivity contribution is 5.34. The largest absolute Gasteiger partial charge is 0.312 e. The molecule has 19 heavy (non-hydrogen) atoms. The number of pyridine rings is 1. The van der Waals surface area contributed by atoms with Crippen molar-refractivity contribution in [3.63, 3.8) is 0 Å². The molecule has 1 N–H and O–H groups in total. The lowest BCUT2D eigenvalue weighted by molar-refractivity contribution is 0.551. The number of nitrogens with zero attached hydrogens (tertiary/aromatic N) is 3. The second-order valence-electron chi connectivity index (χ2n) is 5.08. The van der Waals surface area contributed by atoms with Gasteiger partial charge in [-0.2, -0.15) is 0 Å². The van der Waals surface area contributed by atoms with E-state index in [0.717, 1.165) is 31.2 Å². The van der Waals surface area contributed by atoms with E-state index in [2.05, 4.69) is 46.7 Å². The van der Waals surface area contributed by atoms with Crippen molar-refractivity contribution in [1.29, 1.82) is 0 Å². The van der Waals surface area contributed by atoms with Crippen molar-refractivity contribution in [2.75, 3.05) is 6.54 Å². The summed E-state index contributed by atoms with van der Waals surface area (Å²) in [5.41, 5.74) is 1.20. The first-order valence-corrected chi connectivity index (χ1v) is 6.89. The zero-order valence-corrected chi connectivity index (χ0v) is 11.9. The smallest absolute Gasteiger partial charge is 0.142 e. The molecule has 0 aliphatic rings. The molecule has 2 aromatic heterocycles. The summed E-state index contributed by atoms with van der Waals surface area (Å²) in [6.45, 7) is 8.38. The molecular weight excluding hydrogens is 236 g/mol. The molecule has 0 saturated carbocycles. The molecule has 0 atom stereocenters. The van der Waals surface area contributed by atoms with Gasteiger partial charge >= 0.3 is 0 Å². The summed E-state index contributed by atoms with van der Waals surface area (Å²) < 4.78 is 2.08. The summed E-state index contributed by atoms with van der Waals surface area (Å²) >= 11 is 0. The van der Waals surface area contributed by atoms with E-state index in [4.69, 9.17) is 0 Å². The third-order valence-corrected chi connectivity index (χ3v) is 3.00. The lowest BCUT2D eigenvalue weighted by Crippen LogP contribution is -2.20. The molecule has 0 amide bonds. The number of aromatic nitrogens is 3. The van der Waals surface area contributed by atoms with E-state index in [1.54, 1.807) is 0 Å². The predicted octanol–water partition coefficient (Wildman–Crippen LogP) is 2.58. The summed E-state index contributed by atoms with van der Waals surface area (Å²) in [5, 5.41) is 3.47. The Hall–Kier alpha value is -1.68. The molecule has 2 aromatic rings. The fraction of sp³-hybridized carbons (Fsp3) is 0.467. The van der Waals surface area contributed by atoms with E-state index in [0.29, 0.717) is 5.92 Å². The molecule has 4 nitrogen and oxygen atoms in total. The van der Waals surface area contributed by atoms with Gasteiger partial charge in [-0.15, -0.1) is 0 Å². The Labute approximate surface area is 114 Å². The van der Waals surface area contributed by atoms with Gasteiger partial charge in [-0.25, -0.2) is 9.97 Å². The predicted molar refractivity (Wildman–Crippen MR) is 77.3 cm³/mol. The first kappa shape index (κ1) is 13.7. The highest BCUT2D eigenvalue weighted by atomic mass is 15.1. The summed E-state index contributed by atoms with van der Waals surface area (Å²) in [4.78, 5) is 8.87. The molecule has 0 spiro atoms. The lowest BCUT2D eigenvalue weighted by Gasteiger charge is -2.13. The van der Waals surface area contributed by atoms with E-state index < -0.39 is 0 Å². The van der Waals surface area contributed by atoms with Crippen LogP contribution in [0.15, 0.2) is 30.7 Å². The molecule has 2 rings (SSSR count). The van der Waals surface area contributed by atoms with E-state index in [1.807, 2.05) is 24.7 Å². The molecular formula is C15H22N4. The van der Waals surface area contributed by atoms with Crippen LogP contribution in [-0.2, 0) is 13.0 Å². The van der Waals surface area contributed by atoms with Crippen LogP contribution < -0.4 is 5.32 Å². The van der Waals surface area contributed by atoms with Gasteiger partial charge in [0.15, 0.2) is 0 Å². The lowest BCUT2D eigenvalue weighted by atomic mass is 10.2. The van der Waals surface area contributed by atoms with Crippen LogP contribution in [0.1, 0.15) is 32.2 Å². The Morgan fingerprint density at radius 2 is 2.11 bits per heavy atom. The Kier molecular flexibility index (Phi) is 4.68. The zero-order chi connectivity index (χ0) is 13.7. The van der Waals surface area contributed by atoms with Gasteiger partial charge in [0, 0.05) is 37.1 Å². The van der Waals surface area contributed by atoms with Crippen LogP contribution in [0.2, 0.25) is 0 Å². The average molecular weight is 258 g/mol. The highest BCUT2D eigenvalue weighted by Crippen LogP contribution is 2.14. The Bertz CT molecular complexity index is 516. The van der Waals surface area contributed by atoms with Crippen LogP contribution in [0.4, 0.5) is 0 Å². The van der Waals surface area contributed by atoms with Crippen LogP contribution in [-0.4, -0.2) is 21.1 Å². The normalized spacial score (nSPS) is 11.2. The van der Waals surface area contributed by atoms with Gasteiger partial charge in [0.05, 0.1) is 0 Å². The fourth-order valence-electron chi connectivity index (χ4n) is 2.07. The minimum atomic E-state index is 0.652. The maximum Gasteiger partial charge on any atom is 0.142 e. The highest BCUT2D eigenvalue weighted by Gasteiger charge is 2.09. The summed E-state index contributed by atoms with van der Waals surface area (Å²) in [7, 11) is 0. The number of nitrogens with one attached hydrogen (secondary N) is 1. The molecule has 102 valence electrons. The molecule has 0 aliphatic carbocycles. The van der Waals surface area contributed by atoms with Crippen molar-refractivity contribution >= 4 is 0 Å². The topological polar surface area (TPSA) is 42.7 Å². The van der Waals surface area contributed by atoms with E-state index in [1.165, 1.54) is 5.56 Å². The summed E-state index contributed by atoms with van der Waals surface area (Å²) in [5.74, 6) is 2.68. The maximum atomic E-state index is 4.51. The summed E-state index contributed by atoms with van der Waals surface area (Å²) in [6.07, 6.45) is 6.55. The number of rotatable bonds is 6. The van der Waals surface area contributed by atoms with E-state index >= 15 is 0 Å². The van der Waals surface area contributed by atoms with Gasteiger partial charge < -0.3 is 5.32 Å². The Morgan fingerprint density at radius 1 is 1.26 bits per heavy atom. The first-order valence-electron chi connectivity index (χ1n) is 6.89. The van der Waals surface area contributed by atoms with Crippen LogP contribution in [0.5, 0.6) is 0 Å². The standard InChI is InChI=1S/C15H22N4/c1-4-14-17-8-9-19(14)15-13(6-5-7-18-15)11-16-10-12(2)3/h5-9,12,16H,4,10-11H2,1-3H3. The minimum Gasteiger partial charge on any atom is -0.312 e. The van der Waals surface area contributed by atoms with Crippen molar-refractivity contribution in [3.8, 4) is 5.82 Å². The second-order valence-corrected chi connectivity index (χ2v) is 5.08. The molecule has 0 radical (unpaired) electrons. The average Bonchev–Trinajstić information content (AvgIpc) is 2.87. The second kappa shape index (κ2) is 6.48. The SMILES string of the molecule is CCc1nccn1-c1ncccc1CNCC(C)C. The maximum absolute atomic E-state index is 4.51. The zero-order valence-electron chi connectivity index (χ0n) is 11.9. The van der Waals surface area contributed by atoms with Gasteiger partial charge in [0.2, 0.25) is 0 Å². The quantitative estimate of drug-likeness (QED) is 0.866. The van der Waals surface area contributed by atoms with Crippen LogP contribution in [0.25, 0.3) is 5.82 Å². The van der Waals surface area contributed by atoms with E-state index in [9.17, 15) is 0 Å². The van der Waals surface area contributed by atoms with Crippen molar-refractivity contribution in [2.24, 2.45) is 5.92 Å². The Balaban J connectivity index is 2.21. The van der Waals surface area contributed by atoms with Gasteiger partial charge in [-0.3, -0.25) is 4.57 Å². The van der Waals surface area contributed by atoms with Crippen LogP contribution in [0, 0.1) is 5.92 Å². The number of imidazole rings is 1. The minimum absolute atomic E-state index is 0.652. The fourth-order valence-corrected chi connectivity index (χ4v) is 2.07. The molecule has 0 aliphatic heterocycles. The van der Waals surface area contributed by atoms with Gasteiger partial charge in [0.1, 0.15) is 11.6 Å². The van der Waals surface area contributed by atoms with Gasteiger partial charge in [-0.05, 0) is 18.5 Å². The van der Waals surface area contributed by atoms with E-state index in [-0.39, 0.29) is 0 Å². The van der Waals surface area contributed by atoms with Crippen molar-refractivity contribution in [3.05, 3.63) is 42.1 Å². The monoisotopic (exact) mass is 258 g/mol. The molecule has 0 fully saturated rings. The van der Waals surface area contributed by atoms with Crippen LogP contribution >= 0.6 is 0 Å². The van der Waals surface area contributed by atoms with Crippen LogP contribution in [0.3, 0.4) is 0 Å². The molecule has 0 aromatic carbocycles. The van der Waals surface area contributed by atoms with Gasteiger partial charge in [-0.1, -0.05) is 26.8 Å². The Morgan fingerprint density at radius 3 is 2.84 bits per heavy atom. The summed E-state index contributed by atoms with van der Waals surface area (Å²) in [6, 6.07) is 4.10. The number of aryl methyl sites for hydroxylation is 1. The third kappa shape index (κ3) is 3.41. The van der Waals surface area contributed by atoms with Crippen molar-refractivity contribution in [2.45, 2.75) is 33.7 Å². The third-order valence-electron chi connectivity index (χ3n) is 3.00. The molecule has 0 bridgehead atoms. The molecule has 0 saturated heterocycles. The van der Waals surface area contributed by atoms with Crippen molar-refractivity contribution in [1.82, 2.24) is 19.9 Å². The van der Waals surface area contributed by atoms with Gasteiger partial charge in [0.25, 0.3) is 0 Å². The molecule has 2 heterocycles. The molecule has 0 unspecified atom stereocenters. The first-order chi connectivity index (χ1) is 9.22. The van der Waals surface area contributed by atoms with Crippen molar-refractivity contribution < 1.29 is 0 Å².